The van der Waals surface area contributed by atoms with Gasteiger partial charge in [-0.15, -0.1) is 0 Å². The number of carbonyl (C=O) groups excluding carboxylic acids is 4. The van der Waals surface area contributed by atoms with Crippen LogP contribution < -0.4 is 15.0 Å². The van der Waals surface area contributed by atoms with Gasteiger partial charge in [-0.05, 0) is 121 Å². The van der Waals surface area contributed by atoms with Gasteiger partial charge in [0.15, 0.2) is 5.60 Å². The summed E-state index contributed by atoms with van der Waals surface area (Å²) in [5, 5.41) is 2.63. The summed E-state index contributed by atoms with van der Waals surface area (Å²) in [7, 11) is 0. The number of nitrogens with zero attached hydrogens (tertiary/aromatic N) is 3. The van der Waals surface area contributed by atoms with E-state index in [1.165, 1.54) is 18.7 Å². The van der Waals surface area contributed by atoms with Gasteiger partial charge in [0.05, 0.1) is 22.2 Å². The van der Waals surface area contributed by atoms with E-state index in [2.05, 4.69) is 4.90 Å². The van der Waals surface area contributed by atoms with Crippen molar-refractivity contribution in [2.75, 3.05) is 24.5 Å². The van der Waals surface area contributed by atoms with Gasteiger partial charge in [0, 0.05) is 42.8 Å². The molecule has 3 aliphatic carbocycles. The first kappa shape index (κ1) is 40.7. The summed E-state index contributed by atoms with van der Waals surface area (Å²) in [5.74, 6) is -2.94. The van der Waals surface area contributed by atoms with Crippen LogP contribution in [0.1, 0.15) is 107 Å². The number of hydrogen-bond donors (Lipinski definition) is 1. The van der Waals surface area contributed by atoms with Gasteiger partial charge in [-0.25, -0.2) is 0 Å². The number of amides is 4. The second-order valence-corrected chi connectivity index (χ2v) is 16.5. The summed E-state index contributed by atoms with van der Waals surface area (Å²) < 4.78 is 75.3. The predicted molar refractivity (Wildman–Crippen MR) is 196 cm³/mol. The molecule has 0 saturated heterocycles. The molecule has 0 bridgehead atoms. The molecule has 4 amide bonds. The molecule has 1 N–H and O–H groups in total. The quantitative estimate of drug-likeness (QED) is 0.209. The van der Waals surface area contributed by atoms with Crippen LogP contribution >= 0.6 is 11.6 Å². The number of anilines is 1. The van der Waals surface area contributed by atoms with Gasteiger partial charge in [-0.3, -0.25) is 19.2 Å². The smallest absolute Gasteiger partial charge is 0.417 e. The van der Waals surface area contributed by atoms with Gasteiger partial charge >= 0.3 is 12.6 Å². The standard InChI is InChI=1S/C40H48ClF5N4O5/c1-23(2)50(28-11-5-24(6-12-28)15-19-48(27-13-14-27)37(54)39(16-17-39)25-7-9-26(41)10-8-25)35(52)29-21-31-32(22-30(29)40(44,45)46)55-38(3,4)36(53)49(31)20-18-47-34(51)33(42)43/h7-10,21-24,27-28,33H,5-6,11-20H2,1-4H3,(H,47,51). The zero-order chi connectivity index (χ0) is 40.0. The maximum atomic E-state index is 14.7. The van der Waals surface area contributed by atoms with Crippen LogP contribution in [0.5, 0.6) is 5.75 Å². The Bertz CT molecular complexity index is 1790. The van der Waals surface area contributed by atoms with Crippen LogP contribution in [0, 0.1) is 5.92 Å². The van der Waals surface area contributed by atoms with Crippen LogP contribution in [0.15, 0.2) is 36.4 Å². The highest BCUT2D eigenvalue weighted by atomic mass is 35.5. The van der Waals surface area contributed by atoms with Crippen LogP contribution in [0.4, 0.5) is 27.6 Å². The molecule has 3 saturated carbocycles. The number of benzene rings is 2. The third-order valence-electron chi connectivity index (χ3n) is 11.5. The number of ether oxygens (including phenoxy) is 1. The minimum absolute atomic E-state index is 0.127. The van der Waals surface area contributed by atoms with Crippen molar-refractivity contribution in [1.29, 1.82) is 0 Å². The average molecular weight is 795 g/mol. The molecule has 2 aromatic rings. The van der Waals surface area contributed by atoms with Crippen molar-refractivity contribution >= 4 is 40.9 Å². The van der Waals surface area contributed by atoms with Crippen LogP contribution in [-0.4, -0.2) is 83.2 Å². The fourth-order valence-corrected chi connectivity index (χ4v) is 8.37. The second kappa shape index (κ2) is 15.5. The van der Waals surface area contributed by atoms with Crippen molar-refractivity contribution in [3.8, 4) is 5.75 Å². The summed E-state index contributed by atoms with van der Waals surface area (Å²) in [4.78, 5) is 57.7. The molecule has 15 heteroatoms. The number of hydrogen-bond acceptors (Lipinski definition) is 5. The summed E-state index contributed by atoms with van der Waals surface area (Å²) in [5.41, 5.74) is -3.12. The van der Waals surface area contributed by atoms with E-state index in [1.807, 2.05) is 29.6 Å². The molecule has 0 spiro atoms. The van der Waals surface area contributed by atoms with E-state index in [-0.39, 0.29) is 41.9 Å². The first-order valence-corrected chi connectivity index (χ1v) is 19.4. The lowest BCUT2D eigenvalue weighted by Crippen LogP contribution is -2.54. The molecule has 0 atom stereocenters. The van der Waals surface area contributed by atoms with Gasteiger partial charge in [0.1, 0.15) is 5.75 Å². The summed E-state index contributed by atoms with van der Waals surface area (Å²) in [6, 6.07) is 8.64. The van der Waals surface area contributed by atoms with Gasteiger partial charge < -0.3 is 24.8 Å². The van der Waals surface area contributed by atoms with Crippen LogP contribution in [0.3, 0.4) is 0 Å². The summed E-state index contributed by atoms with van der Waals surface area (Å²) in [6.45, 7) is 6.08. The molecule has 4 aliphatic rings. The van der Waals surface area contributed by atoms with Crippen molar-refractivity contribution in [2.45, 2.75) is 127 Å². The largest absolute Gasteiger partial charge is 0.476 e. The molecule has 1 heterocycles. The second-order valence-electron chi connectivity index (χ2n) is 16.1. The van der Waals surface area contributed by atoms with Crippen molar-refractivity contribution in [3.63, 3.8) is 0 Å². The van der Waals surface area contributed by atoms with Crippen LogP contribution in [-0.2, 0) is 26.0 Å². The number of fused-ring (bicyclic) bond motifs is 1. The zero-order valence-electron chi connectivity index (χ0n) is 31.5. The topological polar surface area (TPSA) is 99.3 Å². The van der Waals surface area contributed by atoms with Crippen molar-refractivity contribution in [1.82, 2.24) is 15.1 Å². The molecular formula is C40H48ClF5N4O5. The summed E-state index contributed by atoms with van der Waals surface area (Å²) >= 11 is 6.11. The summed E-state index contributed by atoms with van der Waals surface area (Å²) in [6.07, 6.45) is -1.27. The number of rotatable bonds is 13. The maximum absolute atomic E-state index is 14.7. The Morgan fingerprint density at radius 1 is 0.982 bits per heavy atom. The first-order valence-electron chi connectivity index (χ1n) is 19.1. The molecule has 3 fully saturated rings. The van der Waals surface area contributed by atoms with E-state index in [0.29, 0.717) is 30.5 Å². The normalized spacial score (nSPS) is 21.5. The molecule has 0 unspecified atom stereocenters. The Morgan fingerprint density at radius 2 is 1.60 bits per heavy atom. The highest BCUT2D eigenvalue weighted by molar-refractivity contribution is 6.30. The molecule has 6 rings (SSSR count). The lowest BCUT2D eigenvalue weighted by atomic mass is 9.82. The molecule has 55 heavy (non-hydrogen) atoms. The molecular weight excluding hydrogens is 747 g/mol. The van der Waals surface area contributed by atoms with Gasteiger partial charge in [-0.1, -0.05) is 23.7 Å². The monoisotopic (exact) mass is 794 g/mol. The highest BCUT2D eigenvalue weighted by Gasteiger charge is 2.55. The maximum Gasteiger partial charge on any atom is 0.417 e. The Hall–Kier alpha value is -3.94. The molecule has 300 valence electrons. The SMILES string of the molecule is CC(C)N(C(=O)c1cc2c(cc1C(F)(F)F)OC(C)(C)C(=O)N2CCNC(=O)C(F)F)C1CCC(CCN(C(=O)C2(c3ccc(Cl)cc3)CC2)C2CC2)CC1. The molecule has 1 aliphatic heterocycles. The fourth-order valence-electron chi connectivity index (χ4n) is 8.24. The molecule has 9 nitrogen and oxygen atoms in total. The van der Waals surface area contributed by atoms with Crippen LogP contribution in [0.25, 0.3) is 0 Å². The Morgan fingerprint density at radius 3 is 2.15 bits per heavy atom. The fraction of sp³-hybridized carbons (Fsp3) is 0.600. The van der Waals surface area contributed by atoms with Crippen molar-refractivity contribution < 1.29 is 45.9 Å². The van der Waals surface area contributed by atoms with Gasteiger partial charge in [0.2, 0.25) is 5.91 Å². The Balaban J connectivity index is 1.17. The highest BCUT2D eigenvalue weighted by Crippen LogP contribution is 2.51. The van der Waals surface area contributed by atoms with Crippen LogP contribution in [0.2, 0.25) is 5.02 Å². The Kier molecular flexibility index (Phi) is 11.5. The first-order chi connectivity index (χ1) is 25.8. The lowest BCUT2D eigenvalue weighted by molar-refractivity contribution is -0.138. The van der Waals surface area contributed by atoms with E-state index in [4.69, 9.17) is 16.3 Å². The van der Waals surface area contributed by atoms with Crippen molar-refractivity contribution in [3.05, 3.63) is 58.1 Å². The molecule has 2 aromatic carbocycles. The van der Waals surface area contributed by atoms with E-state index in [9.17, 15) is 41.1 Å². The van der Waals surface area contributed by atoms with Gasteiger partial charge in [0.25, 0.3) is 17.7 Å². The molecule has 0 radical (unpaired) electrons. The van der Waals surface area contributed by atoms with E-state index in [1.54, 1.807) is 13.8 Å². The number of nitrogens with one attached hydrogen (secondary N) is 1. The van der Waals surface area contributed by atoms with E-state index in [0.717, 1.165) is 61.5 Å². The number of alkyl halides is 5. The van der Waals surface area contributed by atoms with Crippen molar-refractivity contribution in [2.24, 2.45) is 5.92 Å². The number of carbonyl (C=O) groups is 4. The third kappa shape index (κ3) is 8.58. The Labute approximate surface area is 322 Å². The zero-order valence-corrected chi connectivity index (χ0v) is 32.2. The molecule has 0 aromatic heterocycles. The minimum Gasteiger partial charge on any atom is -0.476 e. The number of halogens is 6. The third-order valence-corrected chi connectivity index (χ3v) is 11.7. The minimum atomic E-state index is -4.96. The van der Waals surface area contributed by atoms with E-state index >= 15 is 0 Å². The van der Waals surface area contributed by atoms with E-state index < -0.39 is 65.1 Å². The lowest BCUT2D eigenvalue weighted by Gasteiger charge is -2.41. The predicted octanol–water partition coefficient (Wildman–Crippen LogP) is 7.77. The van der Waals surface area contributed by atoms with Gasteiger partial charge in [-0.2, -0.15) is 22.0 Å². The average Bonchev–Trinajstić information content (AvgIpc) is 4.06.